The van der Waals surface area contributed by atoms with Crippen LogP contribution in [0.4, 0.5) is 0 Å². The number of carbonyl (C=O) groups excluding carboxylic acids is 1. The zero-order valence-electron chi connectivity index (χ0n) is 13.8. The zero-order chi connectivity index (χ0) is 15.9. The fourth-order valence-electron chi connectivity index (χ4n) is 3.81. The number of nitrogens with zero attached hydrogens (tertiary/aromatic N) is 2. The van der Waals surface area contributed by atoms with E-state index >= 15 is 0 Å². The maximum atomic E-state index is 12.8. The molecule has 22 heavy (non-hydrogen) atoms. The van der Waals surface area contributed by atoms with E-state index < -0.39 is 5.60 Å². The van der Waals surface area contributed by atoms with Gasteiger partial charge in [-0.1, -0.05) is 20.8 Å². The van der Waals surface area contributed by atoms with Crippen LogP contribution < -0.4 is 0 Å². The van der Waals surface area contributed by atoms with Crippen molar-refractivity contribution in [2.24, 2.45) is 11.8 Å². The highest BCUT2D eigenvalue weighted by molar-refractivity contribution is 5.94. The molecule has 0 bridgehead atoms. The second kappa shape index (κ2) is 5.65. The molecule has 1 N–H and O–H groups in total. The number of β-amino-alcohol motifs (C(OH)–C–C–N with tert-alkyl or cyclic N) is 1. The Morgan fingerprint density at radius 1 is 1.41 bits per heavy atom. The average Bonchev–Trinajstić information content (AvgIpc) is 2.83. The topological polar surface area (TPSA) is 53.4 Å². The highest BCUT2D eigenvalue weighted by Crippen LogP contribution is 2.34. The van der Waals surface area contributed by atoms with Crippen molar-refractivity contribution in [3.63, 3.8) is 0 Å². The van der Waals surface area contributed by atoms with Gasteiger partial charge in [-0.3, -0.25) is 9.78 Å². The molecule has 0 spiro atoms. The maximum absolute atomic E-state index is 12.8. The number of fused-ring (bicyclic) bond motifs is 1. The highest BCUT2D eigenvalue weighted by atomic mass is 16.3. The first-order chi connectivity index (χ1) is 10.4. The van der Waals surface area contributed by atoms with Crippen LogP contribution in [-0.2, 0) is 12.8 Å². The lowest BCUT2D eigenvalue weighted by Crippen LogP contribution is -2.43. The fourth-order valence-corrected chi connectivity index (χ4v) is 3.81. The summed E-state index contributed by atoms with van der Waals surface area (Å²) in [4.78, 5) is 19.0. The van der Waals surface area contributed by atoms with Gasteiger partial charge in [0.05, 0.1) is 17.7 Å². The van der Waals surface area contributed by atoms with E-state index in [2.05, 4.69) is 4.98 Å². The SMILES string of the molecule is CC(C)[C@]1(O)CN(C(=O)c2cnc3c(c2)CCCC3)C[C@H]1C. The Labute approximate surface area is 132 Å². The smallest absolute Gasteiger partial charge is 0.255 e. The number of likely N-dealkylation sites (tertiary alicyclic amines) is 1. The molecular weight excluding hydrogens is 276 g/mol. The van der Waals surface area contributed by atoms with Crippen molar-refractivity contribution in [3.8, 4) is 0 Å². The summed E-state index contributed by atoms with van der Waals surface area (Å²) in [5, 5.41) is 10.8. The molecule has 2 atom stereocenters. The molecule has 0 aromatic carbocycles. The first-order valence-electron chi connectivity index (χ1n) is 8.41. The Hall–Kier alpha value is -1.42. The van der Waals surface area contributed by atoms with Crippen molar-refractivity contribution in [2.75, 3.05) is 13.1 Å². The van der Waals surface area contributed by atoms with Gasteiger partial charge >= 0.3 is 0 Å². The minimum absolute atomic E-state index is 0.00398. The molecule has 0 saturated carbocycles. The molecule has 4 heteroatoms. The predicted octanol–water partition coefficient (Wildman–Crippen LogP) is 2.44. The van der Waals surface area contributed by atoms with Crippen LogP contribution in [0.3, 0.4) is 0 Å². The summed E-state index contributed by atoms with van der Waals surface area (Å²) in [5.74, 6) is 0.244. The van der Waals surface area contributed by atoms with Crippen LogP contribution in [-0.4, -0.2) is 39.6 Å². The standard InChI is InChI=1S/C18H26N2O2/c1-12(2)18(22)11-20(10-13(18)3)17(21)15-8-14-6-4-5-7-16(14)19-9-15/h8-9,12-13,22H,4-7,10-11H2,1-3H3/t13-,18-/m1/s1. The molecule has 0 unspecified atom stereocenters. The van der Waals surface area contributed by atoms with Gasteiger partial charge < -0.3 is 10.0 Å². The first-order valence-corrected chi connectivity index (χ1v) is 8.41. The fraction of sp³-hybridized carbons (Fsp3) is 0.667. The van der Waals surface area contributed by atoms with Crippen LogP contribution in [0.1, 0.15) is 55.2 Å². The van der Waals surface area contributed by atoms with E-state index in [9.17, 15) is 9.90 Å². The number of aromatic nitrogens is 1. The Bertz CT molecular complexity index is 584. The van der Waals surface area contributed by atoms with Gasteiger partial charge in [0.25, 0.3) is 5.91 Å². The van der Waals surface area contributed by atoms with Gasteiger partial charge in [-0.25, -0.2) is 0 Å². The third-order valence-corrected chi connectivity index (χ3v) is 5.50. The van der Waals surface area contributed by atoms with E-state index in [1.807, 2.05) is 26.8 Å². The second-order valence-corrected chi connectivity index (χ2v) is 7.27. The molecule has 1 aromatic heterocycles. The van der Waals surface area contributed by atoms with Crippen molar-refractivity contribution in [2.45, 2.75) is 52.1 Å². The lowest BCUT2D eigenvalue weighted by Gasteiger charge is -2.31. The molecule has 0 radical (unpaired) electrons. The van der Waals surface area contributed by atoms with Crippen molar-refractivity contribution in [1.82, 2.24) is 9.88 Å². The summed E-state index contributed by atoms with van der Waals surface area (Å²) in [6, 6.07) is 2.02. The predicted molar refractivity (Wildman–Crippen MR) is 85.7 cm³/mol. The van der Waals surface area contributed by atoms with Crippen LogP contribution in [0.5, 0.6) is 0 Å². The number of aliphatic hydroxyl groups is 1. The lowest BCUT2D eigenvalue weighted by molar-refractivity contribution is -0.0243. The summed E-state index contributed by atoms with van der Waals surface area (Å²) >= 11 is 0. The van der Waals surface area contributed by atoms with Crippen LogP contribution in [0.15, 0.2) is 12.3 Å². The molecule has 120 valence electrons. The van der Waals surface area contributed by atoms with Crippen LogP contribution >= 0.6 is 0 Å². The Kier molecular flexibility index (Phi) is 3.98. The van der Waals surface area contributed by atoms with E-state index in [0.29, 0.717) is 18.7 Å². The molecule has 1 aromatic rings. The first kappa shape index (κ1) is 15.5. The molecule has 2 heterocycles. The summed E-state index contributed by atoms with van der Waals surface area (Å²) in [5.41, 5.74) is 2.26. The third kappa shape index (κ3) is 2.54. The third-order valence-electron chi connectivity index (χ3n) is 5.50. The normalized spacial score (nSPS) is 28.0. The van der Waals surface area contributed by atoms with E-state index in [1.54, 1.807) is 11.1 Å². The van der Waals surface area contributed by atoms with Crippen molar-refractivity contribution in [3.05, 3.63) is 29.1 Å². The Morgan fingerprint density at radius 3 is 2.82 bits per heavy atom. The van der Waals surface area contributed by atoms with E-state index in [1.165, 1.54) is 18.4 Å². The average molecular weight is 302 g/mol. The van der Waals surface area contributed by atoms with Gasteiger partial charge in [-0.15, -0.1) is 0 Å². The minimum Gasteiger partial charge on any atom is -0.387 e. The molecule has 2 aliphatic rings. The summed E-state index contributed by atoms with van der Waals surface area (Å²) in [6.45, 7) is 7.10. The highest BCUT2D eigenvalue weighted by Gasteiger charge is 2.46. The number of aryl methyl sites for hydroxylation is 2. The van der Waals surface area contributed by atoms with Gasteiger partial charge in [0.1, 0.15) is 0 Å². The largest absolute Gasteiger partial charge is 0.387 e. The molecule has 1 saturated heterocycles. The number of carbonyl (C=O) groups is 1. The number of hydrogen-bond donors (Lipinski definition) is 1. The van der Waals surface area contributed by atoms with Crippen molar-refractivity contribution in [1.29, 1.82) is 0 Å². The minimum atomic E-state index is -0.780. The second-order valence-electron chi connectivity index (χ2n) is 7.27. The van der Waals surface area contributed by atoms with Gasteiger partial charge in [0, 0.05) is 24.4 Å². The van der Waals surface area contributed by atoms with Gasteiger partial charge in [0.15, 0.2) is 0 Å². The lowest BCUT2D eigenvalue weighted by atomic mass is 9.82. The summed E-state index contributed by atoms with van der Waals surface area (Å²) < 4.78 is 0. The van der Waals surface area contributed by atoms with E-state index in [0.717, 1.165) is 18.5 Å². The number of hydrogen-bond acceptors (Lipinski definition) is 3. The van der Waals surface area contributed by atoms with Crippen LogP contribution in [0.2, 0.25) is 0 Å². The van der Waals surface area contributed by atoms with Crippen LogP contribution in [0.25, 0.3) is 0 Å². The number of rotatable bonds is 2. The maximum Gasteiger partial charge on any atom is 0.255 e. The number of amides is 1. The van der Waals surface area contributed by atoms with E-state index in [4.69, 9.17) is 0 Å². The molecule has 3 rings (SSSR count). The summed E-state index contributed by atoms with van der Waals surface area (Å²) in [7, 11) is 0. The molecule has 4 nitrogen and oxygen atoms in total. The van der Waals surface area contributed by atoms with Crippen LogP contribution in [0, 0.1) is 11.8 Å². The Morgan fingerprint density at radius 2 is 2.14 bits per heavy atom. The summed E-state index contributed by atoms with van der Waals surface area (Å²) in [6.07, 6.45) is 6.13. The van der Waals surface area contributed by atoms with Gasteiger partial charge in [-0.2, -0.15) is 0 Å². The van der Waals surface area contributed by atoms with Crippen molar-refractivity contribution < 1.29 is 9.90 Å². The molecule has 1 aliphatic carbocycles. The number of pyridine rings is 1. The van der Waals surface area contributed by atoms with Gasteiger partial charge in [-0.05, 0) is 43.2 Å². The molecule has 1 amide bonds. The zero-order valence-corrected chi connectivity index (χ0v) is 13.8. The molecular formula is C18H26N2O2. The quantitative estimate of drug-likeness (QED) is 0.913. The van der Waals surface area contributed by atoms with Gasteiger partial charge in [0.2, 0.25) is 0 Å². The van der Waals surface area contributed by atoms with Crippen molar-refractivity contribution >= 4 is 5.91 Å². The van der Waals surface area contributed by atoms with E-state index in [-0.39, 0.29) is 17.7 Å². The molecule has 1 aliphatic heterocycles. The Balaban J connectivity index is 1.80. The monoisotopic (exact) mass is 302 g/mol. The molecule has 1 fully saturated rings.